The van der Waals surface area contributed by atoms with Gasteiger partial charge < -0.3 is 4.74 Å². The smallest absolute Gasteiger partial charge is 0.291 e. The zero-order valence-corrected chi connectivity index (χ0v) is 20.7. The number of thiazole rings is 1. The molecule has 0 unspecified atom stereocenters. The average molecular weight is 510 g/mol. The minimum Gasteiger partial charge on any atom is -0.496 e. The van der Waals surface area contributed by atoms with Crippen molar-refractivity contribution < 1.29 is 9.13 Å². The van der Waals surface area contributed by atoms with Crippen molar-refractivity contribution in [3.05, 3.63) is 111 Å². The maximum absolute atomic E-state index is 13.3. The molecule has 3 aromatic carbocycles. The third-order valence-corrected chi connectivity index (χ3v) is 6.96. The SMILES string of the molecule is COc1ccc(-c2nn(-c3ccccc3)cc2/C=c2\sc3nc(-c4ccc(F)cc4)nn3c2=O)cc1C. The second-order valence-corrected chi connectivity index (χ2v) is 9.46. The van der Waals surface area contributed by atoms with Crippen LogP contribution in [0.5, 0.6) is 5.75 Å². The molecule has 0 bridgehead atoms. The highest BCUT2D eigenvalue weighted by Gasteiger charge is 2.16. The van der Waals surface area contributed by atoms with Crippen molar-refractivity contribution in [1.29, 1.82) is 0 Å². The van der Waals surface area contributed by atoms with Crippen LogP contribution in [0.4, 0.5) is 4.39 Å². The van der Waals surface area contributed by atoms with E-state index in [4.69, 9.17) is 9.84 Å². The van der Waals surface area contributed by atoms with Crippen LogP contribution in [0.2, 0.25) is 0 Å². The van der Waals surface area contributed by atoms with Gasteiger partial charge in [0.1, 0.15) is 17.3 Å². The molecule has 0 radical (unpaired) electrons. The number of ether oxygens (including phenoxy) is 1. The zero-order chi connectivity index (χ0) is 25.5. The van der Waals surface area contributed by atoms with Crippen molar-refractivity contribution in [1.82, 2.24) is 24.4 Å². The minimum absolute atomic E-state index is 0.273. The van der Waals surface area contributed by atoms with E-state index in [0.29, 0.717) is 20.9 Å². The highest BCUT2D eigenvalue weighted by atomic mass is 32.1. The summed E-state index contributed by atoms with van der Waals surface area (Å²) in [5, 5.41) is 9.22. The van der Waals surface area contributed by atoms with Crippen molar-refractivity contribution >= 4 is 22.4 Å². The fourth-order valence-electron chi connectivity index (χ4n) is 4.15. The number of aromatic nitrogens is 5. The Balaban J connectivity index is 1.48. The minimum atomic E-state index is -0.343. The fraction of sp³-hybridized carbons (Fsp3) is 0.0714. The molecule has 3 aromatic heterocycles. The van der Waals surface area contributed by atoms with Crippen molar-refractivity contribution in [2.75, 3.05) is 7.11 Å². The molecule has 0 spiro atoms. The first-order valence-corrected chi connectivity index (χ1v) is 12.3. The third-order valence-electron chi connectivity index (χ3n) is 6.00. The Morgan fingerprint density at radius 3 is 2.43 bits per heavy atom. The molecule has 182 valence electrons. The molecule has 6 aromatic rings. The van der Waals surface area contributed by atoms with Gasteiger partial charge in [-0.25, -0.2) is 9.07 Å². The molecule has 0 saturated carbocycles. The van der Waals surface area contributed by atoms with Gasteiger partial charge in [0.05, 0.1) is 17.3 Å². The summed E-state index contributed by atoms with van der Waals surface area (Å²) in [6.45, 7) is 1.98. The van der Waals surface area contributed by atoms with E-state index >= 15 is 0 Å². The van der Waals surface area contributed by atoms with Gasteiger partial charge >= 0.3 is 0 Å². The molecule has 0 aliphatic rings. The lowest BCUT2D eigenvalue weighted by Gasteiger charge is -2.06. The number of para-hydroxylation sites is 1. The molecule has 0 aliphatic heterocycles. The number of fused-ring (bicyclic) bond motifs is 1. The molecule has 0 N–H and O–H groups in total. The summed E-state index contributed by atoms with van der Waals surface area (Å²) in [5.74, 6) is 0.826. The third kappa shape index (κ3) is 4.19. The van der Waals surface area contributed by atoms with E-state index in [1.807, 2.05) is 67.7 Å². The summed E-state index contributed by atoms with van der Waals surface area (Å²) in [6, 6.07) is 21.5. The van der Waals surface area contributed by atoms with E-state index in [2.05, 4.69) is 10.1 Å². The van der Waals surface area contributed by atoms with Crippen LogP contribution in [0.15, 0.2) is 83.8 Å². The molecule has 0 aliphatic carbocycles. The van der Waals surface area contributed by atoms with Gasteiger partial charge in [0.25, 0.3) is 5.56 Å². The molecule has 7 nitrogen and oxygen atoms in total. The van der Waals surface area contributed by atoms with Crippen LogP contribution in [0, 0.1) is 12.7 Å². The van der Waals surface area contributed by atoms with Crippen molar-refractivity contribution in [2.24, 2.45) is 0 Å². The molecule has 37 heavy (non-hydrogen) atoms. The summed E-state index contributed by atoms with van der Waals surface area (Å²) in [6.07, 6.45) is 3.73. The molecule has 0 saturated heterocycles. The molecular weight excluding hydrogens is 489 g/mol. The Morgan fingerprint density at radius 1 is 0.973 bits per heavy atom. The number of rotatable bonds is 5. The van der Waals surface area contributed by atoms with Gasteiger partial charge in [-0.2, -0.15) is 14.6 Å². The molecule has 9 heteroatoms. The molecule has 3 heterocycles. The van der Waals surface area contributed by atoms with Gasteiger partial charge in [-0.15, -0.1) is 5.10 Å². The Hall–Kier alpha value is -4.63. The van der Waals surface area contributed by atoms with Gasteiger partial charge in [0.2, 0.25) is 4.96 Å². The zero-order valence-electron chi connectivity index (χ0n) is 19.9. The predicted molar refractivity (Wildman–Crippen MR) is 142 cm³/mol. The maximum atomic E-state index is 13.3. The monoisotopic (exact) mass is 509 g/mol. The van der Waals surface area contributed by atoms with Crippen molar-refractivity contribution in [3.63, 3.8) is 0 Å². The lowest BCUT2D eigenvalue weighted by molar-refractivity contribution is 0.412. The highest BCUT2D eigenvalue weighted by Crippen LogP contribution is 2.29. The number of methoxy groups -OCH3 is 1. The predicted octanol–water partition coefficient (Wildman–Crippen LogP) is 4.67. The number of hydrogen-bond acceptors (Lipinski definition) is 6. The second-order valence-electron chi connectivity index (χ2n) is 8.45. The number of nitrogens with zero attached hydrogens (tertiary/aromatic N) is 5. The van der Waals surface area contributed by atoms with Gasteiger partial charge in [-0.1, -0.05) is 29.5 Å². The number of halogens is 1. The first kappa shape index (κ1) is 22.8. The van der Waals surface area contributed by atoms with Crippen LogP contribution in [0.1, 0.15) is 11.1 Å². The normalized spacial score (nSPS) is 11.9. The summed E-state index contributed by atoms with van der Waals surface area (Å²) in [4.78, 5) is 18.2. The molecule has 0 fully saturated rings. The molecule has 0 atom stereocenters. The van der Waals surface area contributed by atoms with Crippen LogP contribution in [-0.4, -0.2) is 31.5 Å². The van der Waals surface area contributed by atoms with Gasteiger partial charge in [0, 0.05) is 22.9 Å². The number of benzene rings is 3. The van der Waals surface area contributed by atoms with Gasteiger partial charge in [-0.3, -0.25) is 4.79 Å². The second kappa shape index (κ2) is 9.11. The quantitative estimate of drug-likeness (QED) is 0.338. The number of hydrogen-bond donors (Lipinski definition) is 0. The Labute approximate surface area is 214 Å². The van der Waals surface area contributed by atoms with Crippen LogP contribution in [0.3, 0.4) is 0 Å². The van der Waals surface area contributed by atoms with E-state index in [0.717, 1.165) is 33.8 Å². The first-order valence-electron chi connectivity index (χ1n) is 11.5. The average Bonchev–Trinajstić information content (AvgIpc) is 3.60. The first-order chi connectivity index (χ1) is 18.0. The lowest BCUT2D eigenvalue weighted by Crippen LogP contribution is -2.23. The summed E-state index contributed by atoms with van der Waals surface area (Å²) < 4.78 is 22.3. The molecule has 6 rings (SSSR count). The number of aryl methyl sites for hydroxylation is 1. The van der Waals surface area contributed by atoms with Crippen molar-refractivity contribution in [3.8, 4) is 34.1 Å². The maximum Gasteiger partial charge on any atom is 0.291 e. The van der Waals surface area contributed by atoms with E-state index < -0.39 is 0 Å². The van der Waals surface area contributed by atoms with Crippen molar-refractivity contribution in [2.45, 2.75) is 6.92 Å². The summed E-state index contributed by atoms with van der Waals surface area (Å²) in [7, 11) is 1.64. The van der Waals surface area contributed by atoms with E-state index in [1.165, 1.54) is 28.0 Å². The Kier molecular flexibility index (Phi) is 5.61. The summed E-state index contributed by atoms with van der Waals surface area (Å²) >= 11 is 1.25. The largest absolute Gasteiger partial charge is 0.496 e. The van der Waals surface area contributed by atoms with E-state index in [9.17, 15) is 9.18 Å². The van der Waals surface area contributed by atoms with Crippen LogP contribution in [0.25, 0.3) is 39.4 Å². The topological polar surface area (TPSA) is 74.3 Å². The van der Waals surface area contributed by atoms with E-state index in [-0.39, 0.29) is 11.4 Å². The Morgan fingerprint density at radius 2 is 1.73 bits per heavy atom. The highest BCUT2D eigenvalue weighted by molar-refractivity contribution is 7.15. The molecule has 0 amide bonds. The van der Waals surface area contributed by atoms with Crippen LogP contribution >= 0.6 is 11.3 Å². The summed E-state index contributed by atoms with van der Waals surface area (Å²) in [5.41, 5.74) is 4.69. The van der Waals surface area contributed by atoms with Gasteiger partial charge in [-0.05, 0) is 73.2 Å². The standard InChI is InChI=1S/C28H20FN5O2S/c1-17-14-19(10-13-23(17)36-2)25-20(16-33(31-25)22-6-4-3-5-7-22)15-24-27(35)34-28(37-24)30-26(32-34)18-8-11-21(29)12-9-18/h3-16H,1-2H3/b24-15-. The van der Waals surface area contributed by atoms with E-state index in [1.54, 1.807) is 23.9 Å². The van der Waals surface area contributed by atoms with Crippen LogP contribution < -0.4 is 14.8 Å². The van der Waals surface area contributed by atoms with Crippen LogP contribution in [-0.2, 0) is 0 Å². The fourth-order valence-corrected chi connectivity index (χ4v) is 5.05. The van der Waals surface area contributed by atoms with Gasteiger partial charge in [0.15, 0.2) is 5.82 Å². The Bertz CT molecular complexity index is 1860. The lowest BCUT2D eigenvalue weighted by atomic mass is 10.0. The molecular formula is C28H20FN5O2S.